The molecular formula is C17H13F4NO3. The van der Waals surface area contributed by atoms with E-state index in [2.05, 4.69) is 5.32 Å². The van der Waals surface area contributed by atoms with E-state index in [1.807, 2.05) is 0 Å². The molecule has 2 rings (SSSR count). The van der Waals surface area contributed by atoms with Crippen molar-refractivity contribution in [1.82, 2.24) is 0 Å². The fraction of sp³-hybridized carbons (Fsp3) is 0.176. The predicted octanol–water partition coefficient (Wildman–Crippen LogP) is 3.95. The number of ether oxygens (including phenoxy) is 1. The Labute approximate surface area is 140 Å². The molecule has 1 amide bonds. The van der Waals surface area contributed by atoms with Crippen LogP contribution in [0.25, 0.3) is 0 Å². The molecule has 8 heteroatoms. The van der Waals surface area contributed by atoms with Crippen molar-refractivity contribution in [1.29, 1.82) is 0 Å². The normalized spacial score (nSPS) is 11.1. The van der Waals surface area contributed by atoms with Gasteiger partial charge in [0.2, 0.25) is 0 Å². The lowest BCUT2D eigenvalue weighted by atomic mass is 10.1. The van der Waals surface area contributed by atoms with Crippen LogP contribution in [0.4, 0.5) is 23.2 Å². The minimum absolute atomic E-state index is 0.123. The summed E-state index contributed by atoms with van der Waals surface area (Å²) >= 11 is 0. The van der Waals surface area contributed by atoms with Crippen LogP contribution in [0.1, 0.15) is 21.5 Å². The molecule has 132 valence electrons. The van der Waals surface area contributed by atoms with Crippen LogP contribution in [0, 0.1) is 12.7 Å². The van der Waals surface area contributed by atoms with E-state index in [4.69, 9.17) is 4.74 Å². The van der Waals surface area contributed by atoms with Crippen molar-refractivity contribution in [3.63, 3.8) is 0 Å². The zero-order chi connectivity index (χ0) is 18.6. The Kier molecular flexibility index (Phi) is 5.41. The third-order valence-corrected chi connectivity index (χ3v) is 3.24. The molecule has 0 saturated carbocycles. The molecule has 0 saturated heterocycles. The third kappa shape index (κ3) is 5.03. The van der Waals surface area contributed by atoms with Crippen LogP contribution in [0.5, 0.6) is 0 Å². The maximum absolute atomic E-state index is 13.4. The second kappa shape index (κ2) is 7.33. The molecule has 2 aromatic rings. The van der Waals surface area contributed by atoms with Crippen molar-refractivity contribution >= 4 is 17.6 Å². The molecule has 0 atom stereocenters. The van der Waals surface area contributed by atoms with Crippen molar-refractivity contribution in [3.8, 4) is 0 Å². The standard InChI is InChI=1S/C17H13F4NO3/c1-10-2-7-13(8-14(10)18)22-15(23)9-25-16(24)11-3-5-12(6-4-11)17(19,20)21/h2-8H,9H2,1H3,(H,22,23). The molecule has 0 radical (unpaired) electrons. The molecule has 25 heavy (non-hydrogen) atoms. The van der Waals surface area contributed by atoms with Gasteiger partial charge in [-0.3, -0.25) is 4.79 Å². The molecule has 0 aliphatic carbocycles. The molecule has 1 N–H and O–H groups in total. The summed E-state index contributed by atoms with van der Waals surface area (Å²) in [6, 6.07) is 7.46. The van der Waals surface area contributed by atoms with Gasteiger partial charge in [0.1, 0.15) is 5.82 Å². The second-order valence-corrected chi connectivity index (χ2v) is 5.16. The summed E-state index contributed by atoms with van der Waals surface area (Å²) in [5.41, 5.74) is -0.421. The number of hydrogen-bond donors (Lipinski definition) is 1. The van der Waals surface area contributed by atoms with E-state index in [0.717, 1.165) is 30.3 Å². The highest BCUT2D eigenvalue weighted by molar-refractivity contribution is 5.95. The number of hydrogen-bond acceptors (Lipinski definition) is 3. The van der Waals surface area contributed by atoms with E-state index in [-0.39, 0.29) is 11.3 Å². The van der Waals surface area contributed by atoms with Gasteiger partial charge in [-0.1, -0.05) is 6.07 Å². The van der Waals surface area contributed by atoms with Gasteiger partial charge < -0.3 is 10.1 Å². The zero-order valence-electron chi connectivity index (χ0n) is 13.0. The van der Waals surface area contributed by atoms with E-state index in [1.165, 1.54) is 12.1 Å². The molecule has 0 heterocycles. The second-order valence-electron chi connectivity index (χ2n) is 5.16. The number of anilines is 1. The van der Waals surface area contributed by atoms with E-state index >= 15 is 0 Å². The van der Waals surface area contributed by atoms with Gasteiger partial charge in [0, 0.05) is 5.69 Å². The molecule has 0 aliphatic heterocycles. The van der Waals surface area contributed by atoms with Crippen LogP contribution >= 0.6 is 0 Å². The van der Waals surface area contributed by atoms with Crippen LogP contribution in [0.15, 0.2) is 42.5 Å². The number of aryl methyl sites for hydroxylation is 1. The van der Waals surface area contributed by atoms with Crippen molar-refractivity contribution in [2.75, 3.05) is 11.9 Å². The third-order valence-electron chi connectivity index (χ3n) is 3.24. The zero-order valence-corrected chi connectivity index (χ0v) is 13.0. The summed E-state index contributed by atoms with van der Waals surface area (Å²) in [6.45, 7) is 0.905. The number of amides is 1. The lowest BCUT2D eigenvalue weighted by molar-refractivity contribution is -0.137. The summed E-state index contributed by atoms with van der Waals surface area (Å²) < 4.78 is 55.4. The van der Waals surface area contributed by atoms with Crippen molar-refractivity contribution in [2.45, 2.75) is 13.1 Å². The molecule has 0 bridgehead atoms. The van der Waals surface area contributed by atoms with Gasteiger partial charge in [0.25, 0.3) is 5.91 Å². The minimum Gasteiger partial charge on any atom is -0.452 e. The summed E-state index contributed by atoms with van der Waals surface area (Å²) in [6.07, 6.45) is -4.51. The van der Waals surface area contributed by atoms with Crippen LogP contribution in [-0.2, 0) is 15.7 Å². The molecular weight excluding hydrogens is 342 g/mol. The number of carbonyl (C=O) groups is 2. The van der Waals surface area contributed by atoms with Crippen molar-refractivity contribution < 1.29 is 31.9 Å². The Morgan fingerprint density at radius 2 is 1.72 bits per heavy atom. The number of carbonyl (C=O) groups excluding carboxylic acids is 2. The lowest BCUT2D eigenvalue weighted by Gasteiger charge is -2.09. The maximum Gasteiger partial charge on any atom is 0.416 e. The van der Waals surface area contributed by atoms with E-state index in [1.54, 1.807) is 6.92 Å². The van der Waals surface area contributed by atoms with Gasteiger partial charge in [-0.25, -0.2) is 9.18 Å². The van der Waals surface area contributed by atoms with Crippen LogP contribution in [0.2, 0.25) is 0 Å². The quantitative estimate of drug-likeness (QED) is 0.667. The fourth-order valence-corrected chi connectivity index (χ4v) is 1.88. The Morgan fingerprint density at radius 3 is 2.28 bits per heavy atom. The molecule has 0 unspecified atom stereocenters. The number of nitrogens with one attached hydrogen (secondary N) is 1. The highest BCUT2D eigenvalue weighted by atomic mass is 19.4. The SMILES string of the molecule is Cc1ccc(NC(=O)COC(=O)c2ccc(C(F)(F)F)cc2)cc1F. The first-order valence-corrected chi connectivity index (χ1v) is 7.07. The first kappa shape index (κ1) is 18.4. The van der Waals surface area contributed by atoms with Crippen LogP contribution in [-0.4, -0.2) is 18.5 Å². The van der Waals surface area contributed by atoms with Gasteiger partial charge in [-0.15, -0.1) is 0 Å². The van der Waals surface area contributed by atoms with Crippen molar-refractivity contribution in [3.05, 3.63) is 65.0 Å². The van der Waals surface area contributed by atoms with Gasteiger partial charge in [0.05, 0.1) is 11.1 Å². The summed E-state index contributed by atoms with van der Waals surface area (Å²) in [4.78, 5) is 23.4. The number of alkyl halides is 3. The van der Waals surface area contributed by atoms with Gasteiger partial charge in [-0.05, 0) is 48.9 Å². The van der Waals surface area contributed by atoms with Crippen LogP contribution < -0.4 is 5.32 Å². The Hall–Kier alpha value is -2.90. The van der Waals surface area contributed by atoms with E-state index < -0.39 is 36.0 Å². The molecule has 0 spiro atoms. The van der Waals surface area contributed by atoms with E-state index in [9.17, 15) is 27.2 Å². The summed E-state index contributed by atoms with van der Waals surface area (Å²) in [5.74, 6) is -2.15. The fourth-order valence-electron chi connectivity index (χ4n) is 1.88. The largest absolute Gasteiger partial charge is 0.452 e. The molecule has 0 fully saturated rings. The topological polar surface area (TPSA) is 55.4 Å². The number of benzene rings is 2. The Morgan fingerprint density at radius 1 is 1.08 bits per heavy atom. The van der Waals surface area contributed by atoms with Gasteiger partial charge >= 0.3 is 12.1 Å². The lowest BCUT2D eigenvalue weighted by Crippen LogP contribution is -2.21. The Bertz CT molecular complexity index is 785. The monoisotopic (exact) mass is 355 g/mol. The average molecular weight is 355 g/mol. The Balaban J connectivity index is 1.90. The van der Waals surface area contributed by atoms with Gasteiger partial charge in [-0.2, -0.15) is 13.2 Å². The summed E-state index contributed by atoms with van der Waals surface area (Å²) in [5, 5.41) is 2.34. The smallest absolute Gasteiger partial charge is 0.416 e. The maximum atomic E-state index is 13.4. The molecule has 0 aromatic heterocycles. The number of rotatable bonds is 4. The highest BCUT2D eigenvalue weighted by Crippen LogP contribution is 2.29. The minimum atomic E-state index is -4.51. The van der Waals surface area contributed by atoms with Gasteiger partial charge in [0.15, 0.2) is 6.61 Å². The molecule has 0 aliphatic rings. The van der Waals surface area contributed by atoms with Crippen LogP contribution in [0.3, 0.4) is 0 Å². The molecule has 2 aromatic carbocycles. The predicted molar refractivity (Wildman–Crippen MR) is 81.5 cm³/mol. The summed E-state index contributed by atoms with van der Waals surface area (Å²) in [7, 11) is 0. The first-order chi connectivity index (χ1) is 11.7. The van der Waals surface area contributed by atoms with Crippen molar-refractivity contribution in [2.24, 2.45) is 0 Å². The number of halogens is 4. The molecule has 4 nitrogen and oxygen atoms in total. The first-order valence-electron chi connectivity index (χ1n) is 7.07. The highest BCUT2D eigenvalue weighted by Gasteiger charge is 2.30. The average Bonchev–Trinajstić information content (AvgIpc) is 2.55. The van der Waals surface area contributed by atoms with E-state index in [0.29, 0.717) is 5.56 Å². The number of esters is 1.